The first-order valence-corrected chi connectivity index (χ1v) is 9.28. The maximum Gasteiger partial charge on any atom is 0.338 e. The zero-order valence-electron chi connectivity index (χ0n) is 16.1. The van der Waals surface area contributed by atoms with Crippen molar-refractivity contribution in [1.29, 1.82) is 0 Å². The molecular formula is C21H23N3O5. The van der Waals surface area contributed by atoms with Gasteiger partial charge in [-0.1, -0.05) is 6.07 Å². The van der Waals surface area contributed by atoms with Crippen molar-refractivity contribution in [2.75, 3.05) is 48.4 Å². The molecule has 0 radical (unpaired) electrons. The largest absolute Gasteiger partial charge is 0.452 e. The first kappa shape index (κ1) is 20.3. The second-order valence-electron chi connectivity index (χ2n) is 6.53. The van der Waals surface area contributed by atoms with Gasteiger partial charge in [-0.15, -0.1) is 0 Å². The van der Waals surface area contributed by atoms with Crippen LogP contribution in [0.15, 0.2) is 48.5 Å². The molecule has 1 aliphatic rings. The molecule has 0 saturated carbocycles. The van der Waals surface area contributed by atoms with E-state index in [-0.39, 0.29) is 11.5 Å². The van der Waals surface area contributed by atoms with Crippen LogP contribution >= 0.6 is 0 Å². The molecule has 0 aromatic heterocycles. The Bertz CT molecular complexity index is 876. The summed E-state index contributed by atoms with van der Waals surface area (Å²) in [5.74, 6) is -1.32. The minimum absolute atomic E-state index is 0.241. The van der Waals surface area contributed by atoms with E-state index >= 15 is 0 Å². The molecule has 2 aromatic carbocycles. The number of morpholine rings is 1. The first-order valence-electron chi connectivity index (χ1n) is 9.28. The molecule has 152 valence electrons. The zero-order valence-corrected chi connectivity index (χ0v) is 16.1. The highest BCUT2D eigenvalue weighted by Crippen LogP contribution is 2.19. The summed E-state index contributed by atoms with van der Waals surface area (Å²) in [4.78, 5) is 37.5. The minimum atomic E-state index is -0.644. The summed E-state index contributed by atoms with van der Waals surface area (Å²) in [5.41, 5.74) is 2.42. The maximum absolute atomic E-state index is 12.1. The monoisotopic (exact) mass is 397 g/mol. The smallest absolute Gasteiger partial charge is 0.338 e. The molecule has 2 aromatic rings. The quantitative estimate of drug-likeness (QED) is 0.726. The van der Waals surface area contributed by atoms with Crippen molar-refractivity contribution in [3.8, 4) is 0 Å². The zero-order chi connectivity index (χ0) is 20.6. The van der Waals surface area contributed by atoms with Crippen LogP contribution in [-0.4, -0.2) is 50.7 Å². The summed E-state index contributed by atoms with van der Waals surface area (Å²) in [6.45, 7) is 4.06. The van der Waals surface area contributed by atoms with E-state index in [2.05, 4.69) is 15.5 Å². The Kier molecular flexibility index (Phi) is 6.80. The standard InChI is InChI=1S/C21H23N3O5/c1-15(25)22-18-4-2-3-16(13-18)21(27)29-14-20(26)23-17-5-7-19(8-6-17)24-9-11-28-12-10-24/h2-8,13H,9-12,14H2,1H3,(H,22,25)(H,23,26). The maximum atomic E-state index is 12.1. The summed E-state index contributed by atoms with van der Waals surface area (Å²) in [6, 6.07) is 13.8. The molecule has 0 spiro atoms. The van der Waals surface area contributed by atoms with Crippen molar-refractivity contribution < 1.29 is 23.9 Å². The van der Waals surface area contributed by atoms with Gasteiger partial charge in [0.1, 0.15) is 0 Å². The Morgan fingerprint density at radius 3 is 2.41 bits per heavy atom. The van der Waals surface area contributed by atoms with Crippen molar-refractivity contribution in [2.45, 2.75) is 6.92 Å². The fraction of sp³-hybridized carbons (Fsp3) is 0.286. The second kappa shape index (κ2) is 9.70. The third kappa shape index (κ3) is 6.05. The molecule has 0 unspecified atom stereocenters. The van der Waals surface area contributed by atoms with Gasteiger partial charge in [0, 0.05) is 37.1 Å². The van der Waals surface area contributed by atoms with Crippen LogP contribution in [0.1, 0.15) is 17.3 Å². The Morgan fingerprint density at radius 2 is 1.72 bits per heavy atom. The van der Waals surface area contributed by atoms with Gasteiger partial charge >= 0.3 is 5.97 Å². The van der Waals surface area contributed by atoms with E-state index in [9.17, 15) is 14.4 Å². The molecule has 2 amide bonds. The SMILES string of the molecule is CC(=O)Nc1cccc(C(=O)OCC(=O)Nc2ccc(N3CCOCC3)cc2)c1. The number of nitrogens with zero attached hydrogens (tertiary/aromatic N) is 1. The van der Waals surface area contributed by atoms with E-state index in [1.165, 1.54) is 13.0 Å². The molecule has 1 heterocycles. The molecule has 1 aliphatic heterocycles. The van der Waals surface area contributed by atoms with Gasteiger partial charge in [0.2, 0.25) is 5.91 Å². The predicted octanol–water partition coefficient (Wildman–Crippen LogP) is 2.28. The second-order valence-corrected chi connectivity index (χ2v) is 6.53. The number of rotatable bonds is 6. The summed E-state index contributed by atoms with van der Waals surface area (Å²) >= 11 is 0. The fourth-order valence-corrected chi connectivity index (χ4v) is 2.92. The predicted molar refractivity (Wildman–Crippen MR) is 109 cm³/mol. The van der Waals surface area contributed by atoms with Crippen molar-refractivity contribution in [2.24, 2.45) is 0 Å². The van der Waals surface area contributed by atoms with E-state index in [0.29, 0.717) is 24.6 Å². The number of hydrogen-bond donors (Lipinski definition) is 2. The molecule has 1 saturated heterocycles. The Labute approximate surface area is 168 Å². The van der Waals surface area contributed by atoms with Crippen LogP contribution in [0.5, 0.6) is 0 Å². The number of nitrogens with one attached hydrogen (secondary N) is 2. The van der Waals surface area contributed by atoms with E-state index in [1.807, 2.05) is 12.1 Å². The lowest BCUT2D eigenvalue weighted by Crippen LogP contribution is -2.36. The third-order valence-electron chi connectivity index (χ3n) is 4.28. The Morgan fingerprint density at radius 1 is 1.00 bits per heavy atom. The molecule has 2 N–H and O–H groups in total. The van der Waals surface area contributed by atoms with Gasteiger partial charge in [-0.3, -0.25) is 9.59 Å². The summed E-state index contributed by atoms with van der Waals surface area (Å²) in [6.07, 6.45) is 0. The molecule has 8 nitrogen and oxygen atoms in total. The molecule has 0 bridgehead atoms. The minimum Gasteiger partial charge on any atom is -0.452 e. The molecule has 0 atom stereocenters. The number of carbonyl (C=O) groups excluding carboxylic acids is 3. The molecular weight excluding hydrogens is 374 g/mol. The normalized spacial score (nSPS) is 13.5. The van der Waals surface area contributed by atoms with Crippen LogP contribution < -0.4 is 15.5 Å². The van der Waals surface area contributed by atoms with Gasteiger partial charge in [0.05, 0.1) is 18.8 Å². The van der Waals surface area contributed by atoms with Crippen molar-refractivity contribution in [3.63, 3.8) is 0 Å². The van der Waals surface area contributed by atoms with Gasteiger partial charge in [-0.2, -0.15) is 0 Å². The van der Waals surface area contributed by atoms with Gasteiger partial charge in [-0.25, -0.2) is 4.79 Å². The molecule has 1 fully saturated rings. The van der Waals surface area contributed by atoms with Crippen molar-refractivity contribution >= 4 is 34.8 Å². The lowest BCUT2D eigenvalue weighted by molar-refractivity contribution is -0.119. The van der Waals surface area contributed by atoms with Gasteiger partial charge in [0.15, 0.2) is 6.61 Å². The number of esters is 1. The van der Waals surface area contributed by atoms with Gasteiger partial charge < -0.3 is 25.0 Å². The van der Waals surface area contributed by atoms with E-state index in [0.717, 1.165) is 18.8 Å². The van der Waals surface area contributed by atoms with Gasteiger partial charge in [0.25, 0.3) is 5.91 Å². The van der Waals surface area contributed by atoms with Crippen molar-refractivity contribution in [1.82, 2.24) is 0 Å². The van der Waals surface area contributed by atoms with Crippen LogP contribution in [-0.2, 0) is 19.1 Å². The van der Waals surface area contributed by atoms with E-state index in [4.69, 9.17) is 9.47 Å². The van der Waals surface area contributed by atoms with Crippen LogP contribution in [0.25, 0.3) is 0 Å². The van der Waals surface area contributed by atoms with Crippen LogP contribution in [0.3, 0.4) is 0 Å². The molecule has 8 heteroatoms. The number of carbonyl (C=O) groups is 3. The van der Waals surface area contributed by atoms with E-state index < -0.39 is 18.5 Å². The lowest BCUT2D eigenvalue weighted by Gasteiger charge is -2.28. The first-order chi connectivity index (χ1) is 14.0. The fourth-order valence-electron chi connectivity index (χ4n) is 2.92. The van der Waals surface area contributed by atoms with Crippen LogP contribution in [0, 0.1) is 0 Å². The number of amides is 2. The Balaban J connectivity index is 1.49. The highest BCUT2D eigenvalue weighted by Gasteiger charge is 2.13. The number of ether oxygens (including phenoxy) is 2. The van der Waals surface area contributed by atoms with Crippen LogP contribution in [0.2, 0.25) is 0 Å². The Hall–Kier alpha value is -3.39. The lowest BCUT2D eigenvalue weighted by atomic mass is 10.2. The average Bonchev–Trinajstić information content (AvgIpc) is 2.73. The summed E-state index contributed by atoms with van der Waals surface area (Å²) in [7, 11) is 0. The third-order valence-corrected chi connectivity index (χ3v) is 4.28. The molecule has 0 aliphatic carbocycles. The number of benzene rings is 2. The molecule has 29 heavy (non-hydrogen) atoms. The number of anilines is 3. The van der Waals surface area contributed by atoms with Crippen LogP contribution in [0.4, 0.5) is 17.1 Å². The topological polar surface area (TPSA) is 97.0 Å². The molecule has 3 rings (SSSR count). The number of hydrogen-bond acceptors (Lipinski definition) is 6. The summed E-state index contributed by atoms with van der Waals surface area (Å²) in [5, 5.41) is 5.29. The highest BCUT2D eigenvalue weighted by molar-refractivity contribution is 5.97. The van der Waals surface area contributed by atoms with E-state index in [1.54, 1.807) is 30.3 Å². The highest BCUT2D eigenvalue weighted by atomic mass is 16.5. The average molecular weight is 397 g/mol. The van der Waals surface area contributed by atoms with Gasteiger partial charge in [-0.05, 0) is 42.5 Å². The summed E-state index contributed by atoms with van der Waals surface area (Å²) < 4.78 is 10.4. The van der Waals surface area contributed by atoms with Crippen molar-refractivity contribution in [3.05, 3.63) is 54.1 Å².